The van der Waals surface area contributed by atoms with E-state index < -0.39 is 0 Å². The number of Topliss-reactive ketones (excluding diaryl/α,β-unsaturated/α-hetero) is 1. The topological polar surface area (TPSA) is 17.1 Å². The Hall–Kier alpha value is -1.37. The Morgan fingerprint density at radius 2 is 1.82 bits per heavy atom. The maximum Gasteiger partial charge on any atom is 0.163 e. The molecule has 0 aliphatic heterocycles. The van der Waals surface area contributed by atoms with E-state index in [1.807, 2.05) is 30.3 Å². The molecule has 0 fully saturated rings. The van der Waals surface area contributed by atoms with Gasteiger partial charge in [0, 0.05) is 12.0 Å². The molecule has 0 bridgehead atoms. The minimum atomic E-state index is 0.199. The lowest BCUT2D eigenvalue weighted by Crippen LogP contribution is -2.26. The largest absolute Gasteiger partial charge is 0.294 e. The molecule has 0 radical (unpaired) electrons. The second kappa shape index (κ2) is 4.48. The first-order valence-electron chi connectivity index (χ1n) is 6.28. The third-order valence-electron chi connectivity index (χ3n) is 4.26. The van der Waals surface area contributed by atoms with Gasteiger partial charge in [0.2, 0.25) is 0 Å². The van der Waals surface area contributed by atoms with E-state index in [0.29, 0.717) is 18.3 Å². The summed E-state index contributed by atoms with van der Waals surface area (Å²) >= 11 is 0. The standard InChI is InChI=1S/C16H20O/c1-12-9-10-14(16(12,2)3)11-15(17)13-7-5-4-6-8-13/h4-10,12,14H,11H2,1-3H3. The van der Waals surface area contributed by atoms with Gasteiger partial charge in [-0.1, -0.05) is 63.3 Å². The number of rotatable bonds is 3. The van der Waals surface area contributed by atoms with Crippen molar-refractivity contribution >= 4 is 5.78 Å². The third kappa shape index (κ3) is 2.33. The zero-order valence-corrected chi connectivity index (χ0v) is 10.8. The Balaban J connectivity index is 2.08. The summed E-state index contributed by atoms with van der Waals surface area (Å²) in [5.41, 5.74) is 1.03. The number of benzene rings is 1. The summed E-state index contributed by atoms with van der Waals surface area (Å²) in [6, 6.07) is 9.59. The fourth-order valence-electron chi connectivity index (χ4n) is 2.41. The van der Waals surface area contributed by atoms with Gasteiger partial charge in [0.15, 0.2) is 5.78 Å². The molecule has 2 unspecified atom stereocenters. The molecule has 0 N–H and O–H groups in total. The van der Waals surface area contributed by atoms with Gasteiger partial charge in [0.1, 0.15) is 0 Å². The lowest BCUT2D eigenvalue weighted by molar-refractivity contribution is 0.0925. The van der Waals surface area contributed by atoms with Crippen LogP contribution in [0.1, 0.15) is 37.6 Å². The summed E-state index contributed by atoms with van der Waals surface area (Å²) in [6.45, 7) is 6.73. The summed E-state index contributed by atoms with van der Waals surface area (Å²) in [6.07, 6.45) is 5.08. The van der Waals surface area contributed by atoms with E-state index in [1.165, 1.54) is 0 Å². The van der Waals surface area contributed by atoms with Crippen molar-refractivity contribution in [3.63, 3.8) is 0 Å². The van der Waals surface area contributed by atoms with Crippen molar-refractivity contribution < 1.29 is 4.79 Å². The molecule has 90 valence electrons. The van der Waals surface area contributed by atoms with Crippen molar-refractivity contribution in [3.8, 4) is 0 Å². The number of hydrogen-bond acceptors (Lipinski definition) is 1. The predicted molar refractivity (Wildman–Crippen MR) is 71.0 cm³/mol. The van der Waals surface area contributed by atoms with Gasteiger partial charge in [-0.2, -0.15) is 0 Å². The molecule has 0 saturated carbocycles. The van der Waals surface area contributed by atoms with E-state index in [1.54, 1.807) is 0 Å². The first kappa shape index (κ1) is 12.1. The zero-order chi connectivity index (χ0) is 12.5. The average Bonchev–Trinajstić information content (AvgIpc) is 2.57. The summed E-state index contributed by atoms with van der Waals surface area (Å²) in [7, 11) is 0. The van der Waals surface area contributed by atoms with Gasteiger partial charge >= 0.3 is 0 Å². The van der Waals surface area contributed by atoms with Gasteiger partial charge < -0.3 is 0 Å². The summed E-state index contributed by atoms with van der Waals surface area (Å²) in [4.78, 5) is 12.2. The van der Waals surface area contributed by atoms with E-state index in [9.17, 15) is 4.79 Å². The van der Waals surface area contributed by atoms with Gasteiger partial charge in [-0.3, -0.25) is 4.79 Å². The highest BCUT2D eigenvalue weighted by molar-refractivity contribution is 5.96. The molecule has 1 aromatic rings. The number of allylic oxidation sites excluding steroid dienone is 2. The normalized spacial score (nSPS) is 26.1. The van der Waals surface area contributed by atoms with Crippen molar-refractivity contribution in [1.82, 2.24) is 0 Å². The van der Waals surface area contributed by atoms with Crippen molar-refractivity contribution in [1.29, 1.82) is 0 Å². The van der Waals surface area contributed by atoms with Gasteiger partial charge in [0.05, 0.1) is 0 Å². The van der Waals surface area contributed by atoms with Crippen LogP contribution in [0.25, 0.3) is 0 Å². The van der Waals surface area contributed by atoms with Crippen LogP contribution in [0.5, 0.6) is 0 Å². The maximum absolute atomic E-state index is 12.2. The number of carbonyl (C=O) groups is 1. The highest BCUT2D eigenvalue weighted by Crippen LogP contribution is 2.44. The van der Waals surface area contributed by atoms with Crippen LogP contribution in [-0.4, -0.2) is 5.78 Å². The SMILES string of the molecule is CC1C=CC(CC(=O)c2ccccc2)C1(C)C. The van der Waals surface area contributed by atoms with Crippen LogP contribution >= 0.6 is 0 Å². The minimum absolute atomic E-state index is 0.199. The van der Waals surface area contributed by atoms with Crippen molar-refractivity contribution in [2.45, 2.75) is 27.2 Å². The Kier molecular flexibility index (Phi) is 3.19. The van der Waals surface area contributed by atoms with Crippen LogP contribution in [-0.2, 0) is 0 Å². The lowest BCUT2D eigenvalue weighted by atomic mass is 9.73. The quantitative estimate of drug-likeness (QED) is 0.562. The molecule has 2 atom stereocenters. The van der Waals surface area contributed by atoms with Crippen molar-refractivity contribution in [3.05, 3.63) is 48.0 Å². The van der Waals surface area contributed by atoms with E-state index in [2.05, 4.69) is 32.9 Å². The van der Waals surface area contributed by atoms with Crippen LogP contribution in [0.3, 0.4) is 0 Å². The molecule has 2 rings (SSSR count). The smallest absolute Gasteiger partial charge is 0.163 e. The highest BCUT2D eigenvalue weighted by atomic mass is 16.1. The first-order valence-corrected chi connectivity index (χ1v) is 6.28. The molecule has 0 saturated heterocycles. The van der Waals surface area contributed by atoms with E-state index in [-0.39, 0.29) is 11.2 Å². The molecule has 1 aromatic carbocycles. The molecule has 17 heavy (non-hydrogen) atoms. The fraction of sp³-hybridized carbons (Fsp3) is 0.438. The minimum Gasteiger partial charge on any atom is -0.294 e. The van der Waals surface area contributed by atoms with Gasteiger partial charge in [0.25, 0.3) is 0 Å². The number of ketones is 1. The molecule has 1 aliphatic carbocycles. The van der Waals surface area contributed by atoms with Gasteiger partial charge in [-0.15, -0.1) is 0 Å². The Bertz CT molecular complexity index is 428. The second-order valence-corrected chi connectivity index (χ2v) is 5.59. The summed E-state index contributed by atoms with van der Waals surface area (Å²) < 4.78 is 0. The third-order valence-corrected chi connectivity index (χ3v) is 4.26. The highest BCUT2D eigenvalue weighted by Gasteiger charge is 2.37. The number of hydrogen-bond donors (Lipinski definition) is 0. The van der Waals surface area contributed by atoms with Crippen LogP contribution in [0, 0.1) is 17.3 Å². The molecule has 1 heteroatoms. The molecule has 1 aliphatic rings. The van der Waals surface area contributed by atoms with Crippen molar-refractivity contribution in [2.75, 3.05) is 0 Å². The second-order valence-electron chi connectivity index (χ2n) is 5.59. The molecule has 0 heterocycles. The number of carbonyl (C=O) groups excluding carboxylic acids is 1. The van der Waals surface area contributed by atoms with E-state index >= 15 is 0 Å². The summed E-state index contributed by atoms with van der Waals surface area (Å²) in [5, 5.41) is 0. The fourth-order valence-corrected chi connectivity index (χ4v) is 2.41. The van der Waals surface area contributed by atoms with Crippen LogP contribution in [0.2, 0.25) is 0 Å². The first-order chi connectivity index (χ1) is 8.01. The molecule has 0 aromatic heterocycles. The molecule has 1 nitrogen and oxygen atoms in total. The molecule has 0 spiro atoms. The lowest BCUT2D eigenvalue weighted by Gasteiger charge is -2.31. The molecular weight excluding hydrogens is 208 g/mol. The van der Waals surface area contributed by atoms with Crippen LogP contribution in [0.4, 0.5) is 0 Å². The Labute approximate surface area is 104 Å². The van der Waals surface area contributed by atoms with Gasteiger partial charge in [-0.25, -0.2) is 0 Å². The van der Waals surface area contributed by atoms with Gasteiger partial charge in [-0.05, 0) is 17.3 Å². The Morgan fingerprint density at radius 1 is 1.18 bits per heavy atom. The maximum atomic E-state index is 12.2. The average molecular weight is 228 g/mol. The Morgan fingerprint density at radius 3 is 2.35 bits per heavy atom. The van der Waals surface area contributed by atoms with Crippen LogP contribution in [0.15, 0.2) is 42.5 Å². The predicted octanol–water partition coefficient (Wildman–Crippen LogP) is 4.11. The summed E-state index contributed by atoms with van der Waals surface area (Å²) in [5.74, 6) is 1.17. The van der Waals surface area contributed by atoms with Crippen molar-refractivity contribution in [2.24, 2.45) is 17.3 Å². The molecule has 0 amide bonds. The monoisotopic (exact) mass is 228 g/mol. The van der Waals surface area contributed by atoms with E-state index in [0.717, 1.165) is 5.56 Å². The van der Waals surface area contributed by atoms with Crippen LogP contribution < -0.4 is 0 Å². The molecular formula is C16H20O. The van der Waals surface area contributed by atoms with E-state index in [4.69, 9.17) is 0 Å². The zero-order valence-electron chi connectivity index (χ0n) is 10.8.